The summed E-state index contributed by atoms with van der Waals surface area (Å²) in [6, 6.07) is 9.40. The fourth-order valence-electron chi connectivity index (χ4n) is 2.55. The van der Waals surface area contributed by atoms with Crippen LogP contribution in [0.25, 0.3) is 0 Å². The Morgan fingerprint density at radius 2 is 2.12 bits per heavy atom. The van der Waals surface area contributed by atoms with Crippen LogP contribution in [0.15, 0.2) is 24.3 Å². The highest BCUT2D eigenvalue weighted by atomic mass is 35.5. The van der Waals surface area contributed by atoms with E-state index < -0.39 is 0 Å². The Morgan fingerprint density at radius 3 is 2.75 bits per heavy atom. The van der Waals surface area contributed by atoms with Crippen LogP contribution in [0.3, 0.4) is 0 Å². The lowest BCUT2D eigenvalue weighted by atomic mass is 10.0. The molecule has 1 unspecified atom stereocenters. The van der Waals surface area contributed by atoms with E-state index >= 15 is 0 Å². The highest BCUT2D eigenvalue weighted by molar-refractivity contribution is 6.30. The van der Waals surface area contributed by atoms with Crippen molar-refractivity contribution in [3.05, 3.63) is 34.9 Å². The molecule has 2 heteroatoms. The first-order chi connectivity index (χ1) is 7.79. The first-order valence-electron chi connectivity index (χ1n) is 6.31. The van der Waals surface area contributed by atoms with E-state index in [4.69, 9.17) is 11.6 Å². The van der Waals surface area contributed by atoms with Gasteiger partial charge in [0.2, 0.25) is 0 Å². The molecule has 1 aliphatic carbocycles. The zero-order valence-electron chi connectivity index (χ0n) is 9.88. The van der Waals surface area contributed by atoms with Gasteiger partial charge in [-0.3, -0.25) is 0 Å². The van der Waals surface area contributed by atoms with E-state index in [0.29, 0.717) is 12.1 Å². The molecule has 0 radical (unpaired) electrons. The minimum atomic E-state index is 0.460. The topological polar surface area (TPSA) is 12.0 Å². The van der Waals surface area contributed by atoms with Gasteiger partial charge in [-0.25, -0.2) is 0 Å². The third kappa shape index (κ3) is 2.99. The molecule has 1 N–H and O–H groups in total. The van der Waals surface area contributed by atoms with Gasteiger partial charge in [-0.15, -0.1) is 0 Å². The van der Waals surface area contributed by atoms with Crippen molar-refractivity contribution >= 4 is 11.6 Å². The van der Waals surface area contributed by atoms with Gasteiger partial charge in [0.15, 0.2) is 0 Å². The molecule has 0 heterocycles. The molecule has 2 rings (SSSR count). The second kappa shape index (κ2) is 5.70. The fraction of sp³-hybridized carbons (Fsp3) is 0.571. The van der Waals surface area contributed by atoms with Gasteiger partial charge in [0, 0.05) is 17.1 Å². The molecule has 16 heavy (non-hydrogen) atoms. The highest BCUT2D eigenvalue weighted by Gasteiger charge is 2.19. The Hall–Kier alpha value is -0.530. The van der Waals surface area contributed by atoms with Crippen LogP contribution in [0.4, 0.5) is 0 Å². The largest absolute Gasteiger partial charge is 0.307 e. The minimum Gasteiger partial charge on any atom is -0.307 e. The van der Waals surface area contributed by atoms with Crippen LogP contribution in [0.2, 0.25) is 5.02 Å². The summed E-state index contributed by atoms with van der Waals surface area (Å²) >= 11 is 6.03. The molecule has 1 aromatic rings. The Labute approximate surface area is 103 Å². The summed E-state index contributed by atoms with van der Waals surface area (Å²) in [5.74, 6) is 0. The first kappa shape index (κ1) is 11.9. The summed E-state index contributed by atoms with van der Waals surface area (Å²) in [4.78, 5) is 0. The van der Waals surface area contributed by atoms with Gasteiger partial charge in [0.1, 0.15) is 0 Å². The molecule has 0 saturated heterocycles. The highest BCUT2D eigenvalue weighted by Crippen LogP contribution is 2.25. The summed E-state index contributed by atoms with van der Waals surface area (Å²) in [5, 5.41) is 4.59. The maximum atomic E-state index is 6.03. The van der Waals surface area contributed by atoms with Crippen molar-refractivity contribution in [1.29, 1.82) is 0 Å². The lowest BCUT2D eigenvalue weighted by molar-refractivity contribution is 0.430. The molecule has 1 nitrogen and oxygen atoms in total. The van der Waals surface area contributed by atoms with Gasteiger partial charge in [-0.1, -0.05) is 43.5 Å². The van der Waals surface area contributed by atoms with Crippen LogP contribution in [0, 0.1) is 0 Å². The summed E-state index contributed by atoms with van der Waals surface area (Å²) in [6.45, 7) is 2.23. The Bertz CT molecular complexity index is 331. The predicted octanol–water partition coefficient (Wildman–Crippen LogP) is 4.32. The summed E-state index contributed by atoms with van der Waals surface area (Å²) < 4.78 is 0. The van der Waals surface area contributed by atoms with Crippen LogP contribution in [-0.2, 0) is 0 Å². The quantitative estimate of drug-likeness (QED) is 0.822. The van der Waals surface area contributed by atoms with E-state index in [1.54, 1.807) is 0 Å². The average molecular weight is 238 g/mol. The smallest absolute Gasteiger partial charge is 0.0409 e. The van der Waals surface area contributed by atoms with Gasteiger partial charge in [0.25, 0.3) is 0 Å². The molecule has 0 aliphatic heterocycles. The Morgan fingerprint density at radius 1 is 1.38 bits per heavy atom. The van der Waals surface area contributed by atoms with Crippen molar-refractivity contribution in [3.8, 4) is 0 Å². The third-order valence-electron chi connectivity index (χ3n) is 3.45. The SMILES string of the molecule is CCC(NC1CCCC1)c1cccc(Cl)c1. The van der Waals surface area contributed by atoms with Crippen molar-refractivity contribution in [2.45, 2.75) is 51.1 Å². The molecule has 0 aromatic heterocycles. The fourth-order valence-corrected chi connectivity index (χ4v) is 2.75. The normalized spacial score (nSPS) is 18.9. The van der Waals surface area contributed by atoms with Crippen molar-refractivity contribution < 1.29 is 0 Å². The van der Waals surface area contributed by atoms with Crippen molar-refractivity contribution in [2.75, 3.05) is 0 Å². The van der Waals surface area contributed by atoms with Crippen molar-refractivity contribution in [3.63, 3.8) is 0 Å². The van der Waals surface area contributed by atoms with Gasteiger partial charge >= 0.3 is 0 Å². The van der Waals surface area contributed by atoms with E-state index in [0.717, 1.165) is 11.4 Å². The minimum absolute atomic E-state index is 0.460. The molecule has 0 spiro atoms. The molecule has 0 amide bonds. The first-order valence-corrected chi connectivity index (χ1v) is 6.69. The maximum absolute atomic E-state index is 6.03. The van der Waals surface area contributed by atoms with Crippen LogP contribution in [0.1, 0.15) is 50.6 Å². The molecule has 1 saturated carbocycles. The standard InChI is InChI=1S/C14H20ClN/c1-2-14(16-13-8-3-4-9-13)11-6-5-7-12(15)10-11/h5-7,10,13-14,16H,2-4,8-9H2,1H3. The van der Waals surface area contributed by atoms with Crippen LogP contribution in [0.5, 0.6) is 0 Å². The number of rotatable bonds is 4. The molecule has 1 fully saturated rings. The molecular formula is C14H20ClN. The molecule has 1 aromatic carbocycles. The van der Waals surface area contributed by atoms with Crippen LogP contribution in [-0.4, -0.2) is 6.04 Å². The number of halogens is 1. The number of nitrogens with one attached hydrogen (secondary N) is 1. The zero-order valence-corrected chi connectivity index (χ0v) is 10.6. The maximum Gasteiger partial charge on any atom is 0.0409 e. The van der Waals surface area contributed by atoms with E-state index in [1.807, 2.05) is 12.1 Å². The Kier molecular flexibility index (Phi) is 4.25. The third-order valence-corrected chi connectivity index (χ3v) is 3.69. The lowest BCUT2D eigenvalue weighted by Crippen LogP contribution is -2.30. The van der Waals surface area contributed by atoms with E-state index in [1.165, 1.54) is 31.2 Å². The monoisotopic (exact) mass is 237 g/mol. The van der Waals surface area contributed by atoms with Crippen LogP contribution < -0.4 is 5.32 Å². The molecule has 1 atom stereocenters. The van der Waals surface area contributed by atoms with Crippen molar-refractivity contribution in [1.82, 2.24) is 5.32 Å². The van der Waals surface area contributed by atoms with Gasteiger partial charge < -0.3 is 5.32 Å². The molecule has 1 aliphatic rings. The lowest BCUT2D eigenvalue weighted by Gasteiger charge is -2.22. The summed E-state index contributed by atoms with van der Waals surface area (Å²) in [7, 11) is 0. The van der Waals surface area contributed by atoms with Gasteiger partial charge in [-0.05, 0) is 37.0 Å². The second-order valence-electron chi connectivity index (χ2n) is 4.66. The number of hydrogen-bond donors (Lipinski definition) is 1. The summed E-state index contributed by atoms with van der Waals surface area (Å²) in [5.41, 5.74) is 1.32. The van der Waals surface area contributed by atoms with Crippen molar-refractivity contribution in [2.24, 2.45) is 0 Å². The van der Waals surface area contributed by atoms with E-state index in [9.17, 15) is 0 Å². The second-order valence-corrected chi connectivity index (χ2v) is 5.10. The molecule has 88 valence electrons. The Balaban J connectivity index is 2.03. The van der Waals surface area contributed by atoms with Gasteiger partial charge in [0.05, 0.1) is 0 Å². The van der Waals surface area contributed by atoms with Gasteiger partial charge in [-0.2, -0.15) is 0 Å². The molecular weight excluding hydrogens is 218 g/mol. The van der Waals surface area contributed by atoms with E-state index in [-0.39, 0.29) is 0 Å². The predicted molar refractivity (Wildman–Crippen MR) is 69.9 cm³/mol. The zero-order chi connectivity index (χ0) is 11.4. The van der Waals surface area contributed by atoms with Crippen LogP contribution >= 0.6 is 11.6 Å². The average Bonchev–Trinajstić information content (AvgIpc) is 2.78. The summed E-state index contributed by atoms with van der Waals surface area (Å²) in [6.07, 6.45) is 6.54. The number of benzene rings is 1. The number of hydrogen-bond acceptors (Lipinski definition) is 1. The molecule has 0 bridgehead atoms. The van der Waals surface area contributed by atoms with E-state index in [2.05, 4.69) is 24.4 Å².